The second-order valence-electron chi connectivity index (χ2n) is 16.5. The van der Waals surface area contributed by atoms with Gasteiger partial charge in [0.25, 0.3) is 0 Å². The third-order valence-corrected chi connectivity index (χ3v) is 11.8. The summed E-state index contributed by atoms with van der Waals surface area (Å²) in [5, 5.41) is 0. The number of carbonyl (C=O) groups excluding carboxylic acids is 1. The molecule has 0 aliphatic carbocycles. The van der Waals surface area contributed by atoms with E-state index in [1.807, 2.05) is 152 Å². The number of benzene rings is 5. The van der Waals surface area contributed by atoms with E-state index >= 15 is 0 Å². The quantitative estimate of drug-likeness (QED) is 0.0725. The fourth-order valence-electron chi connectivity index (χ4n) is 8.47. The minimum absolute atomic E-state index is 0.0828. The van der Waals surface area contributed by atoms with Crippen molar-refractivity contribution < 1.29 is 56.9 Å². The van der Waals surface area contributed by atoms with Crippen LogP contribution in [0.2, 0.25) is 0 Å². The summed E-state index contributed by atoms with van der Waals surface area (Å²) in [5.41, 5.74) is 4.65. The lowest BCUT2D eigenvalue weighted by atomic mass is 9.95. The molecular weight excluding hydrogens is 855 g/mol. The first-order valence-corrected chi connectivity index (χ1v) is 22.6. The average Bonchev–Trinajstić information content (AvgIpc) is 3.39. The lowest BCUT2D eigenvalue weighted by Crippen LogP contribution is -2.67. The number of carbonyl (C=O) groups is 1. The Kier molecular flexibility index (Phi) is 16.2. The standard InChI is InChI=1S/C54H55NO12/c1-57-53-49(60-33-39-23-11-4-12-24-39)47(45(59-32-38-21-9-3-10-22-38)43(63-53)35-58-31-37-19-7-2-8-20-37)67-54-50(61-34-40-25-13-5-14-26-40)48(65-51(56)42-29-17-18-30-55-42)46-44(64-54)36-62-52(66-46)41-27-15-6-16-28-41/h2-30,43-50,52-54H,31-36H2,1H3/t43-,44-,45-,46-,47+,48+,49-,50+,52?,53+,54+/m1/s1. The Morgan fingerprint density at radius 2 is 1.07 bits per heavy atom. The second-order valence-corrected chi connectivity index (χ2v) is 16.5. The molecule has 3 aliphatic heterocycles. The number of esters is 1. The Hall–Kier alpha value is -5.68. The van der Waals surface area contributed by atoms with Gasteiger partial charge in [-0.2, -0.15) is 0 Å². The predicted octanol–water partition coefficient (Wildman–Crippen LogP) is 8.18. The van der Waals surface area contributed by atoms with Gasteiger partial charge in [0.05, 0.1) is 39.6 Å². The number of rotatable bonds is 19. The first-order chi connectivity index (χ1) is 33.1. The van der Waals surface area contributed by atoms with E-state index in [2.05, 4.69) is 4.98 Å². The minimum atomic E-state index is -1.22. The first-order valence-electron chi connectivity index (χ1n) is 22.6. The van der Waals surface area contributed by atoms with Crippen molar-refractivity contribution in [2.75, 3.05) is 20.3 Å². The number of hydrogen-bond donors (Lipinski definition) is 0. The maximum Gasteiger partial charge on any atom is 0.357 e. The molecule has 4 heterocycles. The van der Waals surface area contributed by atoms with Crippen molar-refractivity contribution in [3.8, 4) is 0 Å². The number of hydrogen-bond acceptors (Lipinski definition) is 13. The zero-order chi connectivity index (χ0) is 45.6. The van der Waals surface area contributed by atoms with E-state index in [9.17, 15) is 4.79 Å². The van der Waals surface area contributed by atoms with E-state index in [-0.39, 0.29) is 38.7 Å². The lowest BCUT2D eigenvalue weighted by Gasteiger charge is -2.51. The predicted molar refractivity (Wildman–Crippen MR) is 244 cm³/mol. The van der Waals surface area contributed by atoms with Gasteiger partial charge in [-0.3, -0.25) is 0 Å². The van der Waals surface area contributed by atoms with Crippen LogP contribution in [0, 0.1) is 0 Å². The topological polar surface area (TPSA) is 131 Å². The molecule has 0 amide bonds. The molecule has 13 nitrogen and oxygen atoms in total. The molecule has 348 valence electrons. The Balaban J connectivity index is 1.09. The van der Waals surface area contributed by atoms with Crippen LogP contribution >= 0.6 is 0 Å². The molecule has 13 heteroatoms. The van der Waals surface area contributed by atoms with Crippen molar-refractivity contribution >= 4 is 5.97 Å². The van der Waals surface area contributed by atoms with Gasteiger partial charge in [-0.15, -0.1) is 0 Å². The molecule has 3 saturated heterocycles. The SMILES string of the molecule is CO[C@H]1O[C@H](COCc2ccccc2)[C@@H](OCc2ccccc2)[C@H](O[C@@H]2O[C@@H]3COC(c4ccccc4)O[C@H]3[C@H](OC(=O)c3ccccn3)[C@@H]2OCc2ccccc2)[C@H]1OCc1ccccc1. The van der Waals surface area contributed by atoms with Gasteiger partial charge in [0.1, 0.15) is 48.4 Å². The van der Waals surface area contributed by atoms with Crippen molar-refractivity contribution in [1.29, 1.82) is 0 Å². The van der Waals surface area contributed by atoms with Gasteiger partial charge in [-0.1, -0.05) is 158 Å². The second kappa shape index (κ2) is 23.4. The fraction of sp³-hybridized carbons (Fsp3) is 0.333. The van der Waals surface area contributed by atoms with Crippen LogP contribution in [-0.4, -0.2) is 92.7 Å². The Morgan fingerprint density at radius 1 is 0.552 bits per heavy atom. The van der Waals surface area contributed by atoms with E-state index in [1.54, 1.807) is 25.3 Å². The fourth-order valence-corrected chi connectivity index (χ4v) is 8.47. The van der Waals surface area contributed by atoms with Crippen LogP contribution in [0.1, 0.15) is 44.6 Å². The summed E-state index contributed by atoms with van der Waals surface area (Å²) >= 11 is 0. The van der Waals surface area contributed by atoms with Gasteiger partial charge in [0.15, 0.2) is 25.0 Å². The van der Waals surface area contributed by atoms with Crippen molar-refractivity contribution in [3.63, 3.8) is 0 Å². The van der Waals surface area contributed by atoms with Crippen LogP contribution in [0.4, 0.5) is 0 Å². The molecule has 0 N–H and O–H groups in total. The Labute approximate surface area is 390 Å². The van der Waals surface area contributed by atoms with Gasteiger partial charge in [-0.05, 0) is 34.4 Å². The number of methoxy groups -OCH3 is 1. The number of ether oxygens (including phenoxy) is 11. The molecule has 1 unspecified atom stereocenters. The summed E-state index contributed by atoms with van der Waals surface area (Å²) in [6.45, 7) is 1.07. The van der Waals surface area contributed by atoms with Crippen molar-refractivity contribution in [1.82, 2.24) is 4.98 Å². The summed E-state index contributed by atoms with van der Waals surface area (Å²) in [6.07, 6.45) is -8.59. The maximum absolute atomic E-state index is 14.1. The maximum atomic E-state index is 14.1. The molecule has 0 radical (unpaired) electrons. The van der Waals surface area contributed by atoms with E-state index in [0.717, 1.165) is 27.8 Å². The van der Waals surface area contributed by atoms with Crippen LogP contribution in [0.25, 0.3) is 0 Å². The third kappa shape index (κ3) is 12.1. The number of aromatic nitrogens is 1. The van der Waals surface area contributed by atoms with E-state index in [0.29, 0.717) is 6.61 Å². The average molecular weight is 910 g/mol. The van der Waals surface area contributed by atoms with Gasteiger partial charge in [0, 0.05) is 18.9 Å². The normalized spacial score (nSPS) is 27.1. The van der Waals surface area contributed by atoms with Gasteiger partial charge >= 0.3 is 5.97 Å². The van der Waals surface area contributed by atoms with E-state index in [4.69, 9.17) is 52.1 Å². The van der Waals surface area contributed by atoms with Gasteiger partial charge < -0.3 is 52.1 Å². The molecule has 3 aliphatic rings. The van der Waals surface area contributed by atoms with E-state index in [1.165, 1.54) is 6.20 Å². The molecule has 3 fully saturated rings. The van der Waals surface area contributed by atoms with Crippen LogP contribution in [-0.2, 0) is 78.5 Å². The monoisotopic (exact) mass is 909 g/mol. The highest BCUT2D eigenvalue weighted by molar-refractivity contribution is 5.87. The molecule has 9 rings (SSSR count). The van der Waals surface area contributed by atoms with Crippen LogP contribution in [0.3, 0.4) is 0 Å². The van der Waals surface area contributed by atoms with E-state index < -0.39 is 73.7 Å². The lowest BCUT2D eigenvalue weighted by molar-refractivity contribution is -0.393. The van der Waals surface area contributed by atoms with Gasteiger partial charge in [0.2, 0.25) is 0 Å². The van der Waals surface area contributed by atoms with Crippen molar-refractivity contribution in [2.24, 2.45) is 0 Å². The largest absolute Gasteiger partial charge is 0.452 e. The molecule has 5 aromatic carbocycles. The first kappa shape index (κ1) is 46.4. The third-order valence-electron chi connectivity index (χ3n) is 11.8. The molecule has 6 aromatic rings. The molecule has 1 aromatic heterocycles. The van der Waals surface area contributed by atoms with Crippen LogP contribution < -0.4 is 0 Å². The highest BCUT2D eigenvalue weighted by Gasteiger charge is 2.57. The molecular formula is C54H55NO12. The summed E-state index contributed by atoms with van der Waals surface area (Å²) in [5.74, 6) is -0.668. The zero-order valence-corrected chi connectivity index (χ0v) is 37.2. The summed E-state index contributed by atoms with van der Waals surface area (Å²) in [6, 6.07) is 53.9. The summed E-state index contributed by atoms with van der Waals surface area (Å²) in [7, 11) is 1.56. The number of fused-ring (bicyclic) bond motifs is 1. The molecule has 0 spiro atoms. The highest BCUT2D eigenvalue weighted by Crippen LogP contribution is 2.40. The van der Waals surface area contributed by atoms with Crippen molar-refractivity contribution in [3.05, 3.63) is 210 Å². The summed E-state index contributed by atoms with van der Waals surface area (Å²) < 4.78 is 73.4. The van der Waals surface area contributed by atoms with Crippen LogP contribution in [0.15, 0.2) is 176 Å². The number of pyridine rings is 1. The minimum Gasteiger partial charge on any atom is -0.452 e. The Morgan fingerprint density at radius 3 is 1.63 bits per heavy atom. The summed E-state index contributed by atoms with van der Waals surface area (Å²) in [4.78, 5) is 18.4. The highest BCUT2D eigenvalue weighted by atomic mass is 16.8. The molecule has 0 saturated carbocycles. The van der Waals surface area contributed by atoms with Crippen LogP contribution in [0.5, 0.6) is 0 Å². The molecule has 11 atom stereocenters. The van der Waals surface area contributed by atoms with Crippen molar-refractivity contribution in [2.45, 2.75) is 94.1 Å². The Bertz CT molecular complexity index is 2370. The van der Waals surface area contributed by atoms with Gasteiger partial charge in [-0.25, -0.2) is 9.78 Å². The smallest absolute Gasteiger partial charge is 0.357 e. The zero-order valence-electron chi connectivity index (χ0n) is 37.2. The molecule has 67 heavy (non-hydrogen) atoms. The number of nitrogens with zero attached hydrogens (tertiary/aromatic N) is 1. The molecule has 0 bridgehead atoms.